The van der Waals surface area contributed by atoms with E-state index in [4.69, 9.17) is 5.11 Å². The third-order valence-corrected chi connectivity index (χ3v) is 2.37. The van der Waals surface area contributed by atoms with E-state index in [0.29, 0.717) is 0 Å². The molecule has 2 atom stereocenters. The smallest absolute Gasteiger partial charge is 0.309 e. The SMILES string of the molecule is COC(=O)C(C)C(C)NCCCCO. The summed E-state index contributed by atoms with van der Waals surface area (Å²) in [5.74, 6) is -0.318. The Morgan fingerprint density at radius 1 is 1.43 bits per heavy atom. The summed E-state index contributed by atoms with van der Waals surface area (Å²) in [4.78, 5) is 11.1. The Bertz CT molecular complexity index is 161. The van der Waals surface area contributed by atoms with Crippen LogP contribution in [0.5, 0.6) is 0 Å². The molecule has 84 valence electrons. The fraction of sp³-hybridized carbons (Fsp3) is 0.900. The van der Waals surface area contributed by atoms with Crippen molar-refractivity contribution < 1.29 is 14.6 Å². The molecular weight excluding hydrogens is 182 g/mol. The maximum absolute atomic E-state index is 11.1. The summed E-state index contributed by atoms with van der Waals surface area (Å²) < 4.78 is 4.64. The summed E-state index contributed by atoms with van der Waals surface area (Å²) in [6.45, 7) is 4.85. The van der Waals surface area contributed by atoms with Crippen LogP contribution in [-0.2, 0) is 9.53 Å². The lowest BCUT2D eigenvalue weighted by molar-refractivity contribution is -0.145. The Morgan fingerprint density at radius 3 is 2.57 bits per heavy atom. The normalized spacial score (nSPS) is 14.9. The molecule has 0 bridgehead atoms. The molecule has 0 amide bonds. The fourth-order valence-corrected chi connectivity index (χ4v) is 1.13. The van der Waals surface area contributed by atoms with Crippen LogP contribution in [0.3, 0.4) is 0 Å². The van der Waals surface area contributed by atoms with Crippen LogP contribution in [0, 0.1) is 5.92 Å². The fourth-order valence-electron chi connectivity index (χ4n) is 1.13. The summed E-state index contributed by atoms with van der Waals surface area (Å²) in [6.07, 6.45) is 1.72. The van der Waals surface area contributed by atoms with Crippen LogP contribution < -0.4 is 5.32 Å². The number of aliphatic hydroxyl groups is 1. The molecule has 4 heteroatoms. The summed E-state index contributed by atoms with van der Waals surface area (Å²) in [5, 5.41) is 11.8. The van der Waals surface area contributed by atoms with Crippen molar-refractivity contribution in [3.05, 3.63) is 0 Å². The lowest BCUT2D eigenvalue weighted by Gasteiger charge is -2.18. The van der Waals surface area contributed by atoms with E-state index in [1.165, 1.54) is 7.11 Å². The van der Waals surface area contributed by atoms with E-state index in [2.05, 4.69) is 10.1 Å². The van der Waals surface area contributed by atoms with Gasteiger partial charge in [0.15, 0.2) is 0 Å². The first kappa shape index (κ1) is 13.4. The van der Waals surface area contributed by atoms with Gasteiger partial charge < -0.3 is 15.2 Å². The van der Waals surface area contributed by atoms with Crippen molar-refractivity contribution in [2.24, 2.45) is 5.92 Å². The summed E-state index contributed by atoms with van der Waals surface area (Å²) in [6, 6.07) is 0.112. The monoisotopic (exact) mass is 203 g/mol. The lowest BCUT2D eigenvalue weighted by Crippen LogP contribution is -2.37. The molecule has 0 aromatic heterocycles. The second-order valence-corrected chi connectivity index (χ2v) is 3.49. The van der Waals surface area contributed by atoms with E-state index >= 15 is 0 Å². The van der Waals surface area contributed by atoms with Crippen molar-refractivity contribution in [1.29, 1.82) is 0 Å². The van der Waals surface area contributed by atoms with Gasteiger partial charge in [-0.2, -0.15) is 0 Å². The van der Waals surface area contributed by atoms with Crippen LogP contribution in [0.25, 0.3) is 0 Å². The number of methoxy groups -OCH3 is 1. The Kier molecular flexibility index (Phi) is 7.42. The molecule has 0 aromatic rings. The number of hydrogen-bond donors (Lipinski definition) is 2. The molecule has 0 fully saturated rings. The van der Waals surface area contributed by atoms with Crippen molar-refractivity contribution in [1.82, 2.24) is 5.32 Å². The molecule has 0 spiro atoms. The lowest BCUT2D eigenvalue weighted by atomic mass is 10.0. The van der Waals surface area contributed by atoms with Crippen LogP contribution in [0.15, 0.2) is 0 Å². The Hall–Kier alpha value is -0.610. The van der Waals surface area contributed by atoms with Gasteiger partial charge in [-0.3, -0.25) is 4.79 Å². The number of rotatable bonds is 7. The van der Waals surface area contributed by atoms with Gasteiger partial charge in [-0.15, -0.1) is 0 Å². The second kappa shape index (κ2) is 7.76. The number of unbranched alkanes of at least 4 members (excludes halogenated alkanes) is 1. The van der Waals surface area contributed by atoms with Gasteiger partial charge in [-0.05, 0) is 26.3 Å². The number of aliphatic hydroxyl groups excluding tert-OH is 1. The van der Waals surface area contributed by atoms with Crippen LogP contribution in [0.1, 0.15) is 26.7 Å². The van der Waals surface area contributed by atoms with Crippen molar-refractivity contribution in [3.63, 3.8) is 0 Å². The van der Waals surface area contributed by atoms with E-state index in [1.807, 2.05) is 13.8 Å². The standard InChI is InChI=1S/C10H21NO3/c1-8(10(13)14-3)9(2)11-6-4-5-7-12/h8-9,11-12H,4-7H2,1-3H3. The largest absolute Gasteiger partial charge is 0.469 e. The Balaban J connectivity index is 3.61. The molecule has 0 rings (SSSR count). The highest BCUT2D eigenvalue weighted by atomic mass is 16.5. The van der Waals surface area contributed by atoms with Gasteiger partial charge in [0, 0.05) is 12.6 Å². The highest BCUT2D eigenvalue weighted by Gasteiger charge is 2.19. The average Bonchev–Trinajstić information content (AvgIpc) is 2.21. The third-order valence-electron chi connectivity index (χ3n) is 2.37. The van der Waals surface area contributed by atoms with Crippen molar-refractivity contribution in [2.45, 2.75) is 32.7 Å². The topological polar surface area (TPSA) is 58.6 Å². The minimum absolute atomic E-state index is 0.112. The number of ether oxygens (including phenoxy) is 1. The predicted octanol–water partition coefficient (Wildman–Crippen LogP) is 0.546. The number of nitrogens with one attached hydrogen (secondary N) is 1. The first-order valence-electron chi connectivity index (χ1n) is 5.05. The maximum Gasteiger partial charge on any atom is 0.309 e. The zero-order valence-corrected chi connectivity index (χ0v) is 9.25. The first-order chi connectivity index (χ1) is 6.63. The second-order valence-electron chi connectivity index (χ2n) is 3.49. The van der Waals surface area contributed by atoms with Crippen molar-refractivity contribution in [3.8, 4) is 0 Å². The average molecular weight is 203 g/mol. The van der Waals surface area contributed by atoms with Gasteiger partial charge in [-0.1, -0.05) is 6.92 Å². The zero-order valence-electron chi connectivity index (χ0n) is 9.25. The minimum atomic E-state index is -0.188. The molecule has 2 unspecified atom stereocenters. The van der Waals surface area contributed by atoms with E-state index in [-0.39, 0.29) is 24.5 Å². The summed E-state index contributed by atoms with van der Waals surface area (Å²) >= 11 is 0. The molecule has 0 aliphatic rings. The van der Waals surface area contributed by atoms with Gasteiger partial charge >= 0.3 is 5.97 Å². The quantitative estimate of drug-likeness (QED) is 0.468. The van der Waals surface area contributed by atoms with Crippen molar-refractivity contribution in [2.75, 3.05) is 20.3 Å². The van der Waals surface area contributed by atoms with Crippen LogP contribution >= 0.6 is 0 Å². The van der Waals surface area contributed by atoms with E-state index in [0.717, 1.165) is 19.4 Å². The maximum atomic E-state index is 11.1. The molecule has 0 aliphatic heterocycles. The van der Waals surface area contributed by atoms with Crippen LogP contribution in [-0.4, -0.2) is 37.4 Å². The summed E-state index contributed by atoms with van der Waals surface area (Å²) in [7, 11) is 1.40. The molecule has 4 nitrogen and oxygen atoms in total. The van der Waals surface area contributed by atoms with Gasteiger partial charge in [-0.25, -0.2) is 0 Å². The van der Waals surface area contributed by atoms with Crippen LogP contribution in [0.4, 0.5) is 0 Å². The van der Waals surface area contributed by atoms with E-state index in [9.17, 15) is 4.79 Å². The molecule has 0 aliphatic carbocycles. The van der Waals surface area contributed by atoms with Gasteiger partial charge in [0.1, 0.15) is 0 Å². The van der Waals surface area contributed by atoms with Gasteiger partial charge in [0.2, 0.25) is 0 Å². The molecule has 2 N–H and O–H groups in total. The third kappa shape index (κ3) is 5.19. The Morgan fingerprint density at radius 2 is 2.07 bits per heavy atom. The number of esters is 1. The Labute approximate surface area is 85.6 Å². The van der Waals surface area contributed by atoms with Crippen LogP contribution in [0.2, 0.25) is 0 Å². The molecule has 14 heavy (non-hydrogen) atoms. The van der Waals surface area contributed by atoms with E-state index in [1.54, 1.807) is 0 Å². The predicted molar refractivity (Wildman–Crippen MR) is 55.0 cm³/mol. The van der Waals surface area contributed by atoms with Crippen molar-refractivity contribution >= 4 is 5.97 Å². The van der Waals surface area contributed by atoms with E-state index < -0.39 is 0 Å². The molecule has 0 heterocycles. The molecular formula is C10H21NO3. The zero-order chi connectivity index (χ0) is 11.0. The first-order valence-corrected chi connectivity index (χ1v) is 5.05. The highest BCUT2D eigenvalue weighted by Crippen LogP contribution is 2.04. The molecule has 0 saturated carbocycles. The molecule has 0 saturated heterocycles. The minimum Gasteiger partial charge on any atom is -0.469 e. The number of carbonyl (C=O) groups is 1. The molecule has 0 aromatic carbocycles. The van der Waals surface area contributed by atoms with Gasteiger partial charge in [0.25, 0.3) is 0 Å². The number of hydrogen-bond acceptors (Lipinski definition) is 4. The highest BCUT2D eigenvalue weighted by molar-refractivity contribution is 5.72. The molecule has 0 radical (unpaired) electrons. The summed E-state index contributed by atoms with van der Waals surface area (Å²) in [5.41, 5.74) is 0. The number of carbonyl (C=O) groups excluding carboxylic acids is 1. The van der Waals surface area contributed by atoms with Gasteiger partial charge in [0.05, 0.1) is 13.0 Å².